The number of guanidine groups is 1. The van der Waals surface area contributed by atoms with E-state index in [-0.39, 0.29) is 29.4 Å². The summed E-state index contributed by atoms with van der Waals surface area (Å²) in [6.07, 6.45) is 9.88. The van der Waals surface area contributed by atoms with Crippen molar-refractivity contribution in [2.24, 2.45) is 16.3 Å². The maximum atomic E-state index is 5.29. The van der Waals surface area contributed by atoms with Crippen molar-refractivity contribution in [2.75, 3.05) is 32.8 Å². The third-order valence-electron chi connectivity index (χ3n) is 4.67. The smallest absolute Gasteiger partial charge is 0.191 e. The predicted octanol–water partition coefficient (Wildman–Crippen LogP) is 3.56. The van der Waals surface area contributed by atoms with E-state index in [1.807, 2.05) is 0 Å². The van der Waals surface area contributed by atoms with Gasteiger partial charge in [-0.05, 0) is 25.7 Å². The van der Waals surface area contributed by atoms with Crippen LogP contribution in [0.3, 0.4) is 0 Å². The van der Waals surface area contributed by atoms with Crippen molar-refractivity contribution in [1.29, 1.82) is 0 Å². The number of aliphatic imine (C=N–C) groups is 1. The fourth-order valence-electron chi connectivity index (χ4n) is 3.23. The summed E-state index contributed by atoms with van der Waals surface area (Å²) in [6.45, 7) is 8.86. The lowest BCUT2D eigenvalue weighted by Gasteiger charge is -2.36. The molecule has 1 saturated heterocycles. The van der Waals surface area contributed by atoms with Gasteiger partial charge in [0.25, 0.3) is 0 Å². The van der Waals surface area contributed by atoms with E-state index in [0.717, 1.165) is 44.7 Å². The van der Waals surface area contributed by atoms with Gasteiger partial charge < -0.3 is 15.4 Å². The minimum Gasteiger partial charge on any atom is -0.380 e. The van der Waals surface area contributed by atoms with Crippen LogP contribution in [0.2, 0.25) is 0 Å². The van der Waals surface area contributed by atoms with Crippen molar-refractivity contribution in [3.63, 3.8) is 0 Å². The Morgan fingerprint density at radius 2 is 1.91 bits per heavy atom. The summed E-state index contributed by atoms with van der Waals surface area (Å²) in [5.41, 5.74) is 0.254. The quantitative estimate of drug-likeness (QED) is 0.285. The van der Waals surface area contributed by atoms with Crippen molar-refractivity contribution in [3.05, 3.63) is 0 Å². The SMILES string of the molecule is CCNC(=NCC1(C)COC1)NCCCC1CCCCC1.I. The first kappa shape index (κ1) is 20.0. The number of nitrogens with zero attached hydrogens (tertiary/aromatic N) is 1. The number of hydrogen-bond acceptors (Lipinski definition) is 2. The molecule has 2 rings (SSSR count). The molecule has 22 heavy (non-hydrogen) atoms. The number of rotatable bonds is 7. The molecular formula is C17H34IN3O. The van der Waals surface area contributed by atoms with E-state index >= 15 is 0 Å². The van der Waals surface area contributed by atoms with Gasteiger partial charge in [-0.25, -0.2) is 0 Å². The largest absolute Gasteiger partial charge is 0.380 e. The number of halogens is 1. The van der Waals surface area contributed by atoms with Crippen LogP contribution in [0.25, 0.3) is 0 Å². The van der Waals surface area contributed by atoms with Crippen LogP contribution in [-0.2, 0) is 4.74 Å². The normalized spacial score (nSPS) is 21.6. The molecule has 0 spiro atoms. The van der Waals surface area contributed by atoms with Crippen LogP contribution in [0.1, 0.15) is 58.8 Å². The molecule has 1 aliphatic heterocycles. The van der Waals surface area contributed by atoms with E-state index in [0.29, 0.717) is 0 Å². The molecule has 2 aliphatic rings. The van der Waals surface area contributed by atoms with Gasteiger partial charge in [0.1, 0.15) is 0 Å². The predicted molar refractivity (Wildman–Crippen MR) is 104 cm³/mol. The number of ether oxygens (including phenoxy) is 1. The van der Waals surface area contributed by atoms with Crippen LogP contribution in [0.5, 0.6) is 0 Å². The second-order valence-electron chi connectivity index (χ2n) is 7.07. The molecule has 4 nitrogen and oxygen atoms in total. The number of nitrogens with one attached hydrogen (secondary N) is 2. The van der Waals surface area contributed by atoms with Crippen molar-refractivity contribution < 1.29 is 4.74 Å². The molecule has 0 bridgehead atoms. The monoisotopic (exact) mass is 423 g/mol. The molecule has 2 fully saturated rings. The first-order chi connectivity index (χ1) is 10.2. The summed E-state index contributed by atoms with van der Waals surface area (Å²) < 4.78 is 5.29. The highest BCUT2D eigenvalue weighted by molar-refractivity contribution is 14.0. The lowest BCUT2D eigenvalue weighted by Crippen LogP contribution is -2.44. The molecule has 0 unspecified atom stereocenters. The first-order valence-electron chi connectivity index (χ1n) is 8.82. The van der Waals surface area contributed by atoms with Crippen LogP contribution in [0.15, 0.2) is 4.99 Å². The molecule has 1 saturated carbocycles. The average molecular weight is 423 g/mol. The van der Waals surface area contributed by atoms with Gasteiger partial charge in [0.2, 0.25) is 0 Å². The molecule has 1 heterocycles. The lowest BCUT2D eigenvalue weighted by atomic mass is 9.86. The maximum absolute atomic E-state index is 5.29. The molecule has 0 aromatic carbocycles. The summed E-state index contributed by atoms with van der Waals surface area (Å²) >= 11 is 0. The maximum Gasteiger partial charge on any atom is 0.191 e. The molecule has 0 atom stereocenters. The van der Waals surface area contributed by atoms with Crippen LogP contribution in [-0.4, -0.2) is 38.8 Å². The van der Waals surface area contributed by atoms with E-state index in [4.69, 9.17) is 9.73 Å². The van der Waals surface area contributed by atoms with Crippen molar-refractivity contribution in [3.8, 4) is 0 Å². The third-order valence-corrected chi connectivity index (χ3v) is 4.67. The summed E-state index contributed by atoms with van der Waals surface area (Å²) in [4.78, 5) is 4.71. The fraction of sp³-hybridized carbons (Fsp3) is 0.941. The van der Waals surface area contributed by atoms with E-state index in [1.54, 1.807) is 0 Å². The molecule has 5 heteroatoms. The molecule has 0 aromatic rings. The van der Waals surface area contributed by atoms with E-state index in [9.17, 15) is 0 Å². The zero-order valence-electron chi connectivity index (χ0n) is 14.3. The third kappa shape index (κ3) is 7.02. The van der Waals surface area contributed by atoms with Gasteiger partial charge in [-0.1, -0.05) is 39.0 Å². The van der Waals surface area contributed by atoms with Crippen LogP contribution in [0.4, 0.5) is 0 Å². The van der Waals surface area contributed by atoms with Gasteiger partial charge in [-0.3, -0.25) is 4.99 Å². The Labute approximate surface area is 153 Å². The second-order valence-corrected chi connectivity index (χ2v) is 7.07. The summed E-state index contributed by atoms with van der Waals surface area (Å²) in [5, 5.41) is 6.82. The molecule has 0 radical (unpaired) electrons. The van der Waals surface area contributed by atoms with Gasteiger partial charge in [0.15, 0.2) is 5.96 Å². The van der Waals surface area contributed by atoms with Crippen molar-refractivity contribution >= 4 is 29.9 Å². The van der Waals surface area contributed by atoms with E-state index in [1.165, 1.54) is 44.9 Å². The summed E-state index contributed by atoms with van der Waals surface area (Å²) in [5.74, 6) is 1.94. The highest BCUT2D eigenvalue weighted by Crippen LogP contribution is 2.27. The summed E-state index contributed by atoms with van der Waals surface area (Å²) in [7, 11) is 0. The Bertz CT molecular complexity index is 326. The highest BCUT2D eigenvalue weighted by atomic mass is 127. The molecule has 2 N–H and O–H groups in total. The number of hydrogen-bond donors (Lipinski definition) is 2. The average Bonchev–Trinajstić information content (AvgIpc) is 2.48. The zero-order chi connectivity index (χ0) is 15.0. The van der Waals surface area contributed by atoms with E-state index < -0.39 is 0 Å². The van der Waals surface area contributed by atoms with Crippen LogP contribution < -0.4 is 10.6 Å². The van der Waals surface area contributed by atoms with E-state index in [2.05, 4.69) is 24.5 Å². The molecule has 1 aliphatic carbocycles. The minimum atomic E-state index is 0. The molecule has 0 aromatic heterocycles. The standard InChI is InChI=1S/C17H33N3O.HI/c1-3-18-16(20-12-17(2)13-21-14-17)19-11-7-10-15-8-5-4-6-9-15;/h15H,3-14H2,1-2H3,(H2,18,19,20);1H. The Morgan fingerprint density at radius 1 is 1.18 bits per heavy atom. The second kappa shape index (κ2) is 10.7. The van der Waals surface area contributed by atoms with Gasteiger partial charge >= 0.3 is 0 Å². The lowest BCUT2D eigenvalue weighted by molar-refractivity contribution is -0.0945. The van der Waals surface area contributed by atoms with Gasteiger partial charge in [-0.2, -0.15) is 0 Å². The molecule has 130 valence electrons. The zero-order valence-corrected chi connectivity index (χ0v) is 16.7. The molecular weight excluding hydrogens is 389 g/mol. The first-order valence-corrected chi connectivity index (χ1v) is 8.82. The fourth-order valence-corrected chi connectivity index (χ4v) is 3.23. The van der Waals surface area contributed by atoms with Crippen LogP contribution >= 0.6 is 24.0 Å². The van der Waals surface area contributed by atoms with Crippen molar-refractivity contribution in [2.45, 2.75) is 58.8 Å². The Hall–Kier alpha value is -0.0400. The molecule has 0 amide bonds. The van der Waals surface area contributed by atoms with Gasteiger partial charge in [0, 0.05) is 18.5 Å². The Morgan fingerprint density at radius 3 is 2.50 bits per heavy atom. The highest BCUT2D eigenvalue weighted by Gasteiger charge is 2.33. The van der Waals surface area contributed by atoms with Gasteiger partial charge in [0.05, 0.1) is 19.8 Å². The topological polar surface area (TPSA) is 45.7 Å². The Kier molecular flexibility index (Phi) is 9.71. The van der Waals surface area contributed by atoms with Crippen molar-refractivity contribution in [1.82, 2.24) is 10.6 Å². The Balaban J connectivity index is 0.00000242. The van der Waals surface area contributed by atoms with Crippen LogP contribution in [0, 0.1) is 11.3 Å². The summed E-state index contributed by atoms with van der Waals surface area (Å²) in [6, 6.07) is 0. The minimum absolute atomic E-state index is 0. The van der Waals surface area contributed by atoms with Gasteiger partial charge in [-0.15, -0.1) is 24.0 Å².